The summed E-state index contributed by atoms with van der Waals surface area (Å²) < 4.78 is 6.10. The summed E-state index contributed by atoms with van der Waals surface area (Å²) in [4.78, 5) is 30.8. The van der Waals surface area contributed by atoms with E-state index in [1.807, 2.05) is 0 Å². The number of carbonyl (C=O) groups excluding carboxylic acids is 2. The van der Waals surface area contributed by atoms with E-state index in [-0.39, 0.29) is 35.5 Å². The molecule has 0 aliphatic carbocycles. The molecule has 6 N–H and O–H groups in total. The molecule has 9 nitrogen and oxygen atoms in total. The fourth-order valence-electron chi connectivity index (χ4n) is 3.13. The lowest BCUT2D eigenvalue weighted by molar-refractivity contribution is -0.130. The molecule has 0 fully saturated rings. The Morgan fingerprint density at radius 2 is 1.94 bits per heavy atom. The molecule has 2 aromatic carbocycles. The average molecular weight is 589 g/mol. The molecule has 0 radical (unpaired) electrons. The van der Waals surface area contributed by atoms with E-state index in [1.54, 1.807) is 32.3 Å². The lowest BCUT2D eigenvalue weighted by Crippen LogP contribution is -2.46. The van der Waals surface area contributed by atoms with Crippen molar-refractivity contribution in [3.8, 4) is 11.5 Å². The highest BCUT2D eigenvalue weighted by Crippen LogP contribution is 2.35. The summed E-state index contributed by atoms with van der Waals surface area (Å²) in [5.41, 5.74) is 11.6. The predicted molar refractivity (Wildman–Crippen MR) is 141 cm³/mol. The number of aromatic hydroxyl groups is 1. The number of ether oxygens (including phenoxy) is 1. The molecule has 2 rings (SSSR count). The molecule has 0 heterocycles. The van der Waals surface area contributed by atoms with Crippen LogP contribution in [0.5, 0.6) is 11.5 Å². The van der Waals surface area contributed by atoms with Crippen LogP contribution in [0.2, 0.25) is 10.0 Å². The molecule has 0 aliphatic heterocycles. The highest BCUT2D eigenvalue weighted by atomic mass is 79.9. The second-order valence-corrected chi connectivity index (χ2v) is 9.49. The highest BCUT2D eigenvalue weighted by Gasteiger charge is 2.24. The molecule has 0 spiro atoms. The molecule has 2 amide bonds. The van der Waals surface area contributed by atoms with Crippen molar-refractivity contribution in [3.63, 3.8) is 0 Å². The Labute approximate surface area is 222 Å². The number of halogens is 3. The van der Waals surface area contributed by atoms with Gasteiger partial charge in [0.05, 0.1) is 6.61 Å². The number of hydrogen-bond donors (Lipinski definition) is 4. The number of guanidine groups is 1. The van der Waals surface area contributed by atoms with Crippen LogP contribution in [0.4, 0.5) is 0 Å². The topological polar surface area (TPSA) is 143 Å². The Hall–Kier alpha value is -2.69. The van der Waals surface area contributed by atoms with Gasteiger partial charge in [0.1, 0.15) is 22.0 Å². The molecule has 190 valence electrons. The minimum atomic E-state index is -0.797. The second kappa shape index (κ2) is 13.4. The van der Waals surface area contributed by atoms with E-state index in [0.717, 1.165) is 5.56 Å². The molecule has 0 saturated carbocycles. The monoisotopic (exact) mass is 587 g/mol. The molecule has 0 saturated heterocycles. The van der Waals surface area contributed by atoms with E-state index in [4.69, 9.17) is 39.4 Å². The number of nitrogens with two attached hydrogens (primary N) is 2. The van der Waals surface area contributed by atoms with Gasteiger partial charge in [-0.05, 0) is 58.6 Å². The number of phenolic OH excluding ortho intramolecular Hbond substituents is 1. The summed E-state index contributed by atoms with van der Waals surface area (Å²) in [6.45, 7) is 0.557. The van der Waals surface area contributed by atoms with Gasteiger partial charge in [0.15, 0.2) is 5.96 Å². The van der Waals surface area contributed by atoms with Crippen LogP contribution in [0.15, 0.2) is 39.8 Å². The number of aliphatic imine (C=N–C) groups is 1. The van der Waals surface area contributed by atoms with Crippen LogP contribution in [0.25, 0.3) is 0 Å². The maximum absolute atomic E-state index is 12.9. The normalized spacial score (nSPS) is 11.5. The van der Waals surface area contributed by atoms with Crippen LogP contribution in [-0.4, -0.2) is 61.1 Å². The summed E-state index contributed by atoms with van der Waals surface area (Å²) in [5, 5.41) is 14.1. The van der Waals surface area contributed by atoms with Gasteiger partial charge in [0.25, 0.3) is 5.91 Å². The number of carbonyl (C=O) groups is 2. The molecule has 0 unspecified atom stereocenters. The summed E-state index contributed by atoms with van der Waals surface area (Å²) in [7, 11) is 3.20. The Balaban J connectivity index is 2.12. The first-order chi connectivity index (χ1) is 16.5. The number of nitrogens with zero attached hydrogens (tertiary/aromatic N) is 2. The van der Waals surface area contributed by atoms with Gasteiger partial charge >= 0.3 is 0 Å². The SMILES string of the molecule is CN(C)C(=O)[C@H](CCCN=C(N)N)NC(=O)c1cc(O)c(Br)c(OCCc2ccc(Cl)cc2Cl)c1. The van der Waals surface area contributed by atoms with Crippen molar-refractivity contribution in [2.24, 2.45) is 16.5 Å². The molecular weight excluding hydrogens is 561 g/mol. The third kappa shape index (κ3) is 8.79. The lowest BCUT2D eigenvalue weighted by Gasteiger charge is -2.22. The highest BCUT2D eigenvalue weighted by molar-refractivity contribution is 9.10. The Bertz CT molecular complexity index is 1090. The molecule has 1 atom stereocenters. The van der Waals surface area contributed by atoms with Crippen LogP contribution in [0.1, 0.15) is 28.8 Å². The van der Waals surface area contributed by atoms with Gasteiger partial charge in [0, 0.05) is 42.7 Å². The van der Waals surface area contributed by atoms with E-state index in [1.165, 1.54) is 17.0 Å². The van der Waals surface area contributed by atoms with Gasteiger partial charge < -0.3 is 31.5 Å². The van der Waals surface area contributed by atoms with Crippen molar-refractivity contribution in [1.29, 1.82) is 0 Å². The third-order valence-electron chi connectivity index (χ3n) is 4.92. The van der Waals surface area contributed by atoms with Crippen LogP contribution in [0, 0.1) is 0 Å². The Morgan fingerprint density at radius 1 is 1.23 bits per heavy atom. The standard InChI is InChI=1S/C23H28BrCl2N5O4/c1-31(2)22(34)17(4-3-8-29-23(27)28)30-21(33)14-10-18(32)20(24)19(11-14)35-9-7-13-5-6-15(25)12-16(13)26/h5-6,10-12,17,32H,3-4,7-9H2,1-2H3,(H,30,33)(H4,27,28,29)/t17-/m0/s1. The summed E-state index contributed by atoms with van der Waals surface area (Å²) in [6.07, 6.45) is 1.29. The Kier molecular flexibility index (Phi) is 10.9. The first-order valence-corrected chi connectivity index (χ1v) is 12.2. The van der Waals surface area contributed by atoms with Gasteiger partial charge in [0.2, 0.25) is 5.91 Å². The molecule has 0 aliphatic rings. The van der Waals surface area contributed by atoms with Gasteiger partial charge in [-0.25, -0.2) is 0 Å². The van der Waals surface area contributed by atoms with Crippen LogP contribution < -0.4 is 21.5 Å². The van der Waals surface area contributed by atoms with Gasteiger partial charge in [-0.2, -0.15) is 0 Å². The van der Waals surface area contributed by atoms with E-state index >= 15 is 0 Å². The van der Waals surface area contributed by atoms with E-state index in [0.29, 0.717) is 40.3 Å². The van der Waals surface area contributed by atoms with Crippen molar-refractivity contribution in [2.45, 2.75) is 25.3 Å². The number of phenols is 1. The van der Waals surface area contributed by atoms with E-state index in [9.17, 15) is 14.7 Å². The molecule has 0 aromatic heterocycles. The van der Waals surface area contributed by atoms with Crippen molar-refractivity contribution >= 4 is 56.9 Å². The number of nitrogens with one attached hydrogen (secondary N) is 1. The maximum Gasteiger partial charge on any atom is 0.252 e. The van der Waals surface area contributed by atoms with Crippen molar-refractivity contribution < 1.29 is 19.4 Å². The fraction of sp³-hybridized carbons (Fsp3) is 0.348. The predicted octanol–water partition coefficient (Wildman–Crippen LogP) is 3.32. The fourth-order valence-corrected chi connectivity index (χ4v) is 3.98. The number of hydrogen-bond acceptors (Lipinski definition) is 5. The van der Waals surface area contributed by atoms with Crippen molar-refractivity contribution in [2.75, 3.05) is 27.2 Å². The third-order valence-corrected chi connectivity index (χ3v) is 6.30. The zero-order valence-corrected chi connectivity index (χ0v) is 22.5. The van der Waals surface area contributed by atoms with Crippen molar-refractivity contribution in [3.05, 3.63) is 56.0 Å². The first-order valence-electron chi connectivity index (χ1n) is 10.7. The quantitative estimate of drug-likeness (QED) is 0.180. The van der Waals surface area contributed by atoms with Crippen LogP contribution in [-0.2, 0) is 11.2 Å². The smallest absolute Gasteiger partial charge is 0.252 e. The molecule has 12 heteroatoms. The van der Waals surface area contributed by atoms with Gasteiger partial charge in [-0.15, -0.1) is 0 Å². The van der Waals surface area contributed by atoms with E-state index < -0.39 is 11.9 Å². The van der Waals surface area contributed by atoms with E-state index in [2.05, 4.69) is 26.2 Å². The molecular formula is C23H28BrCl2N5O4. The zero-order valence-electron chi connectivity index (χ0n) is 19.4. The number of rotatable bonds is 11. The largest absolute Gasteiger partial charge is 0.507 e. The lowest BCUT2D eigenvalue weighted by atomic mass is 10.1. The summed E-state index contributed by atoms with van der Waals surface area (Å²) in [6, 6.07) is 7.16. The zero-order chi connectivity index (χ0) is 26.1. The minimum Gasteiger partial charge on any atom is -0.507 e. The van der Waals surface area contributed by atoms with Crippen molar-refractivity contribution in [1.82, 2.24) is 10.2 Å². The number of benzene rings is 2. The van der Waals surface area contributed by atoms with Gasteiger partial charge in [-0.1, -0.05) is 29.3 Å². The molecule has 35 heavy (non-hydrogen) atoms. The number of likely N-dealkylation sites (N-methyl/N-ethyl adjacent to an activating group) is 1. The first kappa shape index (κ1) is 28.5. The van der Waals surface area contributed by atoms with Gasteiger partial charge in [-0.3, -0.25) is 14.6 Å². The molecule has 0 bridgehead atoms. The van der Waals surface area contributed by atoms with Crippen LogP contribution >= 0.6 is 39.1 Å². The Morgan fingerprint density at radius 3 is 2.57 bits per heavy atom. The second-order valence-electron chi connectivity index (χ2n) is 7.85. The minimum absolute atomic E-state index is 0.0410. The number of amides is 2. The summed E-state index contributed by atoms with van der Waals surface area (Å²) in [5.74, 6) is -0.772. The molecule has 2 aromatic rings. The maximum atomic E-state index is 12.9. The average Bonchev–Trinajstić information content (AvgIpc) is 2.78. The summed E-state index contributed by atoms with van der Waals surface area (Å²) >= 11 is 15.4. The van der Waals surface area contributed by atoms with Crippen LogP contribution in [0.3, 0.4) is 0 Å².